The maximum Gasteiger partial charge on any atom is 0.323 e. The third kappa shape index (κ3) is 5.54. The van der Waals surface area contributed by atoms with E-state index in [1.807, 2.05) is 37.3 Å². The molecule has 3 aromatic rings. The molecule has 2 heterocycles. The summed E-state index contributed by atoms with van der Waals surface area (Å²) in [6, 6.07) is 11.1. The normalized spacial score (nSPS) is 10.8. The first kappa shape index (κ1) is 19.3. The molecule has 0 fully saturated rings. The molecule has 28 heavy (non-hydrogen) atoms. The second-order valence-corrected chi connectivity index (χ2v) is 6.62. The molecule has 0 radical (unpaired) electrons. The van der Waals surface area contributed by atoms with Crippen LogP contribution in [0, 0.1) is 6.92 Å². The summed E-state index contributed by atoms with van der Waals surface area (Å²) in [5, 5.41) is 5.47. The lowest BCUT2D eigenvalue weighted by Crippen LogP contribution is -2.27. The van der Waals surface area contributed by atoms with Crippen LogP contribution in [0.2, 0.25) is 0 Å². The number of fused-ring (bicyclic) bond motifs is 1. The van der Waals surface area contributed by atoms with Gasteiger partial charge in [-0.25, -0.2) is 9.78 Å². The van der Waals surface area contributed by atoms with Crippen LogP contribution in [0.25, 0.3) is 11.0 Å². The zero-order valence-corrected chi connectivity index (χ0v) is 15.7. The van der Waals surface area contributed by atoms with Gasteiger partial charge in [-0.15, -0.1) is 0 Å². The van der Waals surface area contributed by atoms with Crippen molar-refractivity contribution >= 4 is 28.7 Å². The highest BCUT2D eigenvalue weighted by molar-refractivity contribution is 5.90. The van der Waals surface area contributed by atoms with E-state index in [0.717, 1.165) is 28.7 Å². The average Bonchev–Trinajstić information content (AvgIpc) is 3.01. The van der Waals surface area contributed by atoms with Crippen molar-refractivity contribution in [2.75, 3.05) is 11.9 Å². The molecule has 2 aromatic heterocycles. The molecule has 3 rings (SSSR count). The molecule has 146 valence electrons. The number of H-pyrrole nitrogens is 2. The number of benzene rings is 1. The van der Waals surface area contributed by atoms with Crippen LogP contribution < -0.4 is 16.3 Å². The standard InChI is InChI=1S/C20H23N5O3/c1-13-4-2-6-17(22-13)25-19(27)10-11-21-18(26)7-3-5-14-8-9-15-16(12-14)24-20(28)23-15/h2,4,6,8-9,12H,3,5,7,10-11H2,1H3,(H,21,26)(H,22,25,27)(H2,23,24,28). The van der Waals surface area contributed by atoms with E-state index in [1.54, 1.807) is 6.07 Å². The number of rotatable bonds is 8. The van der Waals surface area contributed by atoms with Crippen LogP contribution in [0.3, 0.4) is 0 Å². The highest BCUT2D eigenvalue weighted by atomic mass is 16.2. The van der Waals surface area contributed by atoms with Crippen molar-refractivity contribution in [3.8, 4) is 0 Å². The van der Waals surface area contributed by atoms with E-state index in [0.29, 0.717) is 18.7 Å². The first-order valence-corrected chi connectivity index (χ1v) is 9.21. The summed E-state index contributed by atoms with van der Waals surface area (Å²) in [5.74, 6) is 0.238. The fraction of sp³-hybridized carbons (Fsp3) is 0.300. The van der Waals surface area contributed by atoms with Crippen LogP contribution in [0.4, 0.5) is 5.82 Å². The van der Waals surface area contributed by atoms with Crippen LogP contribution in [-0.2, 0) is 16.0 Å². The van der Waals surface area contributed by atoms with Crippen LogP contribution in [0.15, 0.2) is 41.2 Å². The van der Waals surface area contributed by atoms with Gasteiger partial charge in [0.15, 0.2) is 0 Å². The van der Waals surface area contributed by atoms with Crippen molar-refractivity contribution in [1.29, 1.82) is 0 Å². The zero-order valence-electron chi connectivity index (χ0n) is 15.7. The number of aromatic nitrogens is 3. The Kier molecular flexibility index (Phi) is 6.21. The maximum atomic E-state index is 11.9. The van der Waals surface area contributed by atoms with Gasteiger partial charge < -0.3 is 20.6 Å². The minimum absolute atomic E-state index is 0.0855. The van der Waals surface area contributed by atoms with Crippen molar-refractivity contribution in [3.05, 3.63) is 58.1 Å². The number of nitrogens with one attached hydrogen (secondary N) is 4. The second kappa shape index (κ2) is 8.98. The molecular formula is C20H23N5O3. The lowest BCUT2D eigenvalue weighted by molar-refractivity contribution is -0.121. The van der Waals surface area contributed by atoms with Gasteiger partial charge in [-0.3, -0.25) is 9.59 Å². The number of pyridine rings is 1. The summed E-state index contributed by atoms with van der Waals surface area (Å²) >= 11 is 0. The molecule has 0 saturated heterocycles. The van der Waals surface area contributed by atoms with Crippen LogP contribution in [0.1, 0.15) is 30.5 Å². The number of anilines is 1. The Hall–Kier alpha value is -3.42. The van der Waals surface area contributed by atoms with Crippen molar-refractivity contribution < 1.29 is 9.59 Å². The third-order valence-corrected chi connectivity index (χ3v) is 4.28. The Morgan fingerprint density at radius 2 is 1.86 bits per heavy atom. The monoisotopic (exact) mass is 381 g/mol. The van der Waals surface area contributed by atoms with Crippen molar-refractivity contribution in [2.45, 2.75) is 32.6 Å². The maximum absolute atomic E-state index is 11.9. The van der Waals surface area contributed by atoms with E-state index >= 15 is 0 Å². The Morgan fingerprint density at radius 1 is 1.04 bits per heavy atom. The van der Waals surface area contributed by atoms with Crippen LogP contribution in [0.5, 0.6) is 0 Å². The Bertz CT molecular complexity index is 1040. The topological polar surface area (TPSA) is 120 Å². The Balaban J connectivity index is 1.34. The number of hydrogen-bond donors (Lipinski definition) is 4. The number of aromatic amines is 2. The predicted molar refractivity (Wildman–Crippen MR) is 107 cm³/mol. The third-order valence-electron chi connectivity index (χ3n) is 4.28. The highest BCUT2D eigenvalue weighted by Crippen LogP contribution is 2.12. The lowest BCUT2D eigenvalue weighted by atomic mass is 10.1. The lowest BCUT2D eigenvalue weighted by Gasteiger charge is -2.07. The van der Waals surface area contributed by atoms with Crippen LogP contribution >= 0.6 is 0 Å². The summed E-state index contributed by atoms with van der Waals surface area (Å²) in [7, 11) is 0. The Morgan fingerprint density at radius 3 is 2.68 bits per heavy atom. The molecule has 8 heteroatoms. The van der Waals surface area contributed by atoms with Gasteiger partial charge in [-0.1, -0.05) is 12.1 Å². The molecule has 0 spiro atoms. The smallest absolute Gasteiger partial charge is 0.323 e. The van der Waals surface area contributed by atoms with E-state index in [1.165, 1.54) is 0 Å². The molecule has 0 atom stereocenters. The molecule has 2 amide bonds. The predicted octanol–water partition coefficient (Wildman–Crippen LogP) is 2.03. The number of nitrogens with zero attached hydrogens (tertiary/aromatic N) is 1. The van der Waals surface area contributed by atoms with E-state index in [9.17, 15) is 14.4 Å². The molecule has 4 N–H and O–H groups in total. The summed E-state index contributed by atoms with van der Waals surface area (Å²) in [4.78, 5) is 44.7. The summed E-state index contributed by atoms with van der Waals surface area (Å²) < 4.78 is 0. The number of aryl methyl sites for hydroxylation is 2. The molecule has 0 saturated carbocycles. The van der Waals surface area contributed by atoms with E-state index in [4.69, 9.17) is 0 Å². The van der Waals surface area contributed by atoms with Crippen molar-refractivity contribution in [3.63, 3.8) is 0 Å². The van der Waals surface area contributed by atoms with Crippen LogP contribution in [-0.4, -0.2) is 33.3 Å². The molecule has 8 nitrogen and oxygen atoms in total. The van der Waals surface area contributed by atoms with Crippen molar-refractivity contribution in [1.82, 2.24) is 20.3 Å². The van der Waals surface area contributed by atoms with E-state index in [2.05, 4.69) is 25.6 Å². The Labute approximate surface area is 161 Å². The molecule has 0 unspecified atom stereocenters. The first-order chi connectivity index (χ1) is 13.5. The van der Waals surface area contributed by atoms with Gasteiger partial charge in [0.05, 0.1) is 11.0 Å². The number of amides is 2. The summed E-state index contributed by atoms with van der Waals surface area (Å²) in [6.45, 7) is 2.14. The van der Waals surface area contributed by atoms with Gasteiger partial charge in [0.2, 0.25) is 11.8 Å². The minimum atomic E-state index is -0.228. The van der Waals surface area contributed by atoms with Gasteiger partial charge in [0, 0.05) is 25.1 Å². The molecular weight excluding hydrogens is 358 g/mol. The van der Waals surface area contributed by atoms with Gasteiger partial charge in [0.25, 0.3) is 0 Å². The first-order valence-electron chi connectivity index (χ1n) is 9.21. The molecule has 0 bridgehead atoms. The molecule has 1 aromatic carbocycles. The van der Waals surface area contributed by atoms with Gasteiger partial charge in [-0.2, -0.15) is 0 Å². The molecule has 0 aliphatic rings. The highest BCUT2D eigenvalue weighted by Gasteiger charge is 2.06. The van der Waals surface area contributed by atoms with Gasteiger partial charge in [-0.05, 0) is 49.6 Å². The summed E-state index contributed by atoms with van der Waals surface area (Å²) in [5.41, 5.74) is 3.19. The quantitative estimate of drug-likeness (QED) is 0.477. The SMILES string of the molecule is Cc1cccc(NC(=O)CCNC(=O)CCCc2ccc3[nH]c(=O)[nH]c3c2)n1. The summed E-state index contributed by atoms with van der Waals surface area (Å²) in [6.07, 6.45) is 1.99. The zero-order chi connectivity index (χ0) is 19.9. The average molecular weight is 381 g/mol. The molecule has 0 aliphatic carbocycles. The van der Waals surface area contributed by atoms with E-state index < -0.39 is 0 Å². The fourth-order valence-electron chi connectivity index (χ4n) is 2.91. The number of carbonyl (C=O) groups excluding carboxylic acids is 2. The second-order valence-electron chi connectivity index (χ2n) is 6.62. The minimum Gasteiger partial charge on any atom is -0.356 e. The number of imidazole rings is 1. The number of hydrogen-bond acceptors (Lipinski definition) is 4. The van der Waals surface area contributed by atoms with Gasteiger partial charge in [0.1, 0.15) is 5.82 Å². The fourth-order valence-corrected chi connectivity index (χ4v) is 2.91. The largest absolute Gasteiger partial charge is 0.356 e. The van der Waals surface area contributed by atoms with Gasteiger partial charge >= 0.3 is 5.69 Å². The van der Waals surface area contributed by atoms with Crippen molar-refractivity contribution in [2.24, 2.45) is 0 Å². The number of carbonyl (C=O) groups is 2. The van der Waals surface area contributed by atoms with E-state index in [-0.39, 0.29) is 30.5 Å². The molecule has 0 aliphatic heterocycles.